The lowest BCUT2D eigenvalue weighted by atomic mass is 10.4. The van der Waals surface area contributed by atoms with E-state index in [1.165, 1.54) is 0 Å². The van der Waals surface area contributed by atoms with Crippen molar-refractivity contribution >= 4 is 17.4 Å². The van der Waals surface area contributed by atoms with Crippen LogP contribution < -0.4 is 9.64 Å². The lowest BCUT2D eigenvalue weighted by molar-refractivity contribution is 0.303. The van der Waals surface area contributed by atoms with Crippen LogP contribution in [0.1, 0.15) is 12.8 Å². The molecule has 1 aromatic rings. The van der Waals surface area contributed by atoms with Gasteiger partial charge in [0.05, 0.1) is 12.3 Å². The first-order valence-electron chi connectivity index (χ1n) is 4.66. The molecule has 0 radical (unpaired) electrons. The third kappa shape index (κ3) is 2.10. The molecule has 14 heavy (non-hydrogen) atoms. The lowest BCUT2D eigenvalue weighted by Crippen LogP contribution is -2.10. The Balaban J connectivity index is 2.21. The van der Waals surface area contributed by atoms with Crippen molar-refractivity contribution in [1.82, 2.24) is 4.98 Å². The molecule has 0 atom stereocenters. The zero-order valence-electron chi connectivity index (χ0n) is 8.33. The monoisotopic (exact) mass is 212 g/mol. The molecule has 1 aliphatic carbocycles. The second-order valence-corrected chi connectivity index (χ2v) is 4.09. The number of rotatable bonds is 3. The summed E-state index contributed by atoms with van der Waals surface area (Å²) in [6.07, 6.45) is 4.27. The molecule has 0 N–H and O–H groups in total. The molecule has 0 aliphatic heterocycles. The Bertz CT molecular complexity index is 337. The molecule has 3 nitrogen and oxygen atoms in total. The highest BCUT2D eigenvalue weighted by molar-refractivity contribution is 6.32. The second-order valence-electron chi connectivity index (χ2n) is 3.68. The molecule has 1 fully saturated rings. The zero-order chi connectivity index (χ0) is 10.1. The summed E-state index contributed by atoms with van der Waals surface area (Å²) >= 11 is 5.97. The van der Waals surface area contributed by atoms with E-state index in [1.807, 2.05) is 25.1 Å². The van der Waals surface area contributed by atoms with Crippen molar-refractivity contribution < 1.29 is 4.74 Å². The Morgan fingerprint density at radius 1 is 1.50 bits per heavy atom. The van der Waals surface area contributed by atoms with Crippen molar-refractivity contribution in [2.24, 2.45) is 0 Å². The van der Waals surface area contributed by atoms with Crippen LogP contribution in [0, 0.1) is 0 Å². The molecule has 1 saturated carbocycles. The summed E-state index contributed by atoms with van der Waals surface area (Å²) in [5.41, 5.74) is 0. The van der Waals surface area contributed by atoms with E-state index >= 15 is 0 Å². The van der Waals surface area contributed by atoms with Crippen molar-refractivity contribution in [1.29, 1.82) is 0 Å². The van der Waals surface area contributed by atoms with E-state index < -0.39 is 0 Å². The topological polar surface area (TPSA) is 25.4 Å². The highest BCUT2D eigenvalue weighted by Crippen LogP contribution is 2.33. The zero-order valence-corrected chi connectivity index (χ0v) is 9.08. The van der Waals surface area contributed by atoms with Gasteiger partial charge in [-0.05, 0) is 12.8 Å². The van der Waals surface area contributed by atoms with Crippen LogP contribution in [-0.2, 0) is 0 Å². The average Bonchev–Trinajstić information content (AvgIpc) is 2.92. The fraction of sp³-hybridized carbons (Fsp3) is 0.500. The van der Waals surface area contributed by atoms with Crippen molar-refractivity contribution in [2.75, 3.05) is 19.0 Å². The molecule has 0 aromatic carbocycles. The molecular formula is C10H13ClN2O. The maximum atomic E-state index is 5.97. The average molecular weight is 213 g/mol. The summed E-state index contributed by atoms with van der Waals surface area (Å²) in [6.45, 7) is 0. The summed E-state index contributed by atoms with van der Waals surface area (Å²) in [4.78, 5) is 6.11. The van der Waals surface area contributed by atoms with Gasteiger partial charge in [-0.3, -0.25) is 0 Å². The Kier molecular flexibility index (Phi) is 2.50. The van der Waals surface area contributed by atoms with Gasteiger partial charge in [-0.2, -0.15) is 0 Å². The number of ether oxygens (including phenoxy) is 1. The molecule has 76 valence electrons. The quantitative estimate of drug-likeness (QED) is 0.769. The van der Waals surface area contributed by atoms with Crippen LogP contribution in [0.5, 0.6) is 5.75 Å². The minimum Gasteiger partial charge on any atom is -0.489 e. The first kappa shape index (κ1) is 9.59. The normalized spacial score (nSPS) is 15.4. The summed E-state index contributed by atoms with van der Waals surface area (Å²) in [6, 6.07) is 1.88. The SMILES string of the molecule is CN(C)c1cc(OC2CC2)c(Cl)cn1. The molecule has 1 aliphatic rings. The maximum Gasteiger partial charge on any atom is 0.143 e. The van der Waals surface area contributed by atoms with E-state index in [0.717, 1.165) is 24.4 Å². The van der Waals surface area contributed by atoms with Crippen LogP contribution >= 0.6 is 11.6 Å². The number of nitrogens with zero attached hydrogens (tertiary/aromatic N) is 2. The van der Waals surface area contributed by atoms with E-state index in [2.05, 4.69) is 4.98 Å². The third-order valence-electron chi connectivity index (χ3n) is 2.08. The lowest BCUT2D eigenvalue weighted by Gasteiger charge is -2.13. The fourth-order valence-electron chi connectivity index (χ4n) is 1.11. The summed E-state index contributed by atoms with van der Waals surface area (Å²) < 4.78 is 5.65. The van der Waals surface area contributed by atoms with Crippen molar-refractivity contribution in [2.45, 2.75) is 18.9 Å². The molecule has 0 saturated heterocycles. The Hall–Kier alpha value is -0.960. The van der Waals surface area contributed by atoms with Crippen LogP contribution in [0.2, 0.25) is 5.02 Å². The van der Waals surface area contributed by atoms with Crippen molar-refractivity contribution in [3.8, 4) is 5.75 Å². The van der Waals surface area contributed by atoms with E-state index in [9.17, 15) is 0 Å². The Morgan fingerprint density at radius 3 is 2.79 bits per heavy atom. The molecule has 0 amide bonds. The van der Waals surface area contributed by atoms with Gasteiger partial charge in [0.25, 0.3) is 0 Å². The standard InChI is InChI=1S/C10H13ClN2O/c1-13(2)10-5-9(8(11)6-12-10)14-7-3-4-7/h5-7H,3-4H2,1-2H3. The van der Waals surface area contributed by atoms with Crippen LogP contribution in [0.15, 0.2) is 12.3 Å². The van der Waals surface area contributed by atoms with Crippen molar-refractivity contribution in [3.05, 3.63) is 17.3 Å². The van der Waals surface area contributed by atoms with Gasteiger partial charge in [-0.25, -0.2) is 4.98 Å². The number of anilines is 1. The second kappa shape index (κ2) is 3.65. The number of hydrogen-bond donors (Lipinski definition) is 0. The third-order valence-corrected chi connectivity index (χ3v) is 2.37. The van der Waals surface area contributed by atoms with Gasteiger partial charge in [-0.1, -0.05) is 11.6 Å². The molecular weight excluding hydrogens is 200 g/mol. The predicted molar refractivity (Wildman–Crippen MR) is 57.2 cm³/mol. The number of halogens is 1. The first-order valence-corrected chi connectivity index (χ1v) is 5.04. The van der Waals surface area contributed by atoms with Gasteiger partial charge >= 0.3 is 0 Å². The predicted octanol–water partition coefficient (Wildman–Crippen LogP) is 2.34. The van der Waals surface area contributed by atoms with E-state index in [1.54, 1.807) is 6.20 Å². The van der Waals surface area contributed by atoms with Gasteiger partial charge in [0, 0.05) is 20.2 Å². The van der Waals surface area contributed by atoms with Crippen LogP contribution in [0.4, 0.5) is 5.82 Å². The highest BCUT2D eigenvalue weighted by Gasteiger charge is 2.24. The number of aromatic nitrogens is 1. The highest BCUT2D eigenvalue weighted by atomic mass is 35.5. The smallest absolute Gasteiger partial charge is 0.143 e. The first-order chi connectivity index (χ1) is 6.66. The molecule has 0 unspecified atom stereocenters. The molecule has 4 heteroatoms. The Labute approximate surface area is 88.6 Å². The molecule has 1 aromatic heterocycles. The molecule has 0 bridgehead atoms. The van der Waals surface area contributed by atoms with E-state index in [4.69, 9.17) is 16.3 Å². The molecule has 1 heterocycles. The summed E-state index contributed by atoms with van der Waals surface area (Å²) in [7, 11) is 3.88. The van der Waals surface area contributed by atoms with E-state index in [0.29, 0.717) is 11.1 Å². The minimum atomic E-state index is 0.366. The van der Waals surface area contributed by atoms with Gasteiger partial charge in [0.15, 0.2) is 0 Å². The van der Waals surface area contributed by atoms with Gasteiger partial charge < -0.3 is 9.64 Å². The molecule has 2 rings (SSSR count). The molecule has 0 spiro atoms. The number of hydrogen-bond acceptors (Lipinski definition) is 3. The summed E-state index contributed by atoms with van der Waals surface area (Å²) in [5, 5.41) is 0.586. The number of pyridine rings is 1. The van der Waals surface area contributed by atoms with Crippen LogP contribution in [-0.4, -0.2) is 25.2 Å². The minimum absolute atomic E-state index is 0.366. The van der Waals surface area contributed by atoms with Crippen LogP contribution in [0.3, 0.4) is 0 Å². The Morgan fingerprint density at radius 2 is 2.21 bits per heavy atom. The van der Waals surface area contributed by atoms with Gasteiger partial charge in [-0.15, -0.1) is 0 Å². The maximum absolute atomic E-state index is 5.97. The fourth-order valence-corrected chi connectivity index (χ4v) is 1.26. The van der Waals surface area contributed by atoms with E-state index in [-0.39, 0.29) is 0 Å². The van der Waals surface area contributed by atoms with Crippen molar-refractivity contribution in [3.63, 3.8) is 0 Å². The van der Waals surface area contributed by atoms with Gasteiger partial charge in [0.2, 0.25) is 0 Å². The summed E-state index contributed by atoms with van der Waals surface area (Å²) in [5.74, 6) is 1.61. The largest absolute Gasteiger partial charge is 0.489 e. The van der Waals surface area contributed by atoms with Crippen LogP contribution in [0.25, 0.3) is 0 Å². The van der Waals surface area contributed by atoms with Gasteiger partial charge in [0.1, 0.15) is 16.6 Å².